The molecule has 3 rings (SSSR count). The molecule has 2 aromatic rings. The van der Waals surface area contributed by atoms with Crippen LogP contribution in [0, 0.1) is 10.1 Å². The van der Waals surface area contributed by atoms with Gasteiger partial charge in [-0.3, -0.25) is 20.2 Å². The lowest BCUT2D eigenvalue weighted by Crippen LogP contribution is -2.34. The molecular formula is C22H26N4O4S. The van der Waals surface area contributed by atoms with Crippen molar-refractivity contribution in [2.45, 2.75) is 39.0 Å². The van der Waals surface area contributed by atoms with Crippen LogP contribution in [0.3, 0.4) is 0 Å². The SMILES string of the molecule is CC(C)(C)c1ccc(O)c(NC(=S)NC(=O)c2ccc(N3CCCC3)c([N+](=O)[O-])c2)c1. The zero-order chi connectivity index (χ0) is 22.8. The van der Waals surface area contributed by atoms with E-state index in [-0.39, 0.29) is 27.5 Å². The van der Waals surface area contributed by atoms with Crippen molar-refractivity contribution in [2.75, 3.05) is 23.3 Å². The summed E-state index contributed by atoms with van der Waals surface area (Å²) in [5, 5.41) is 27.0. The lowest BCUT2D eigenvalue weighted by Gasteiger charge is -2.21. The Morgan fingerprint density at radius 3 is 2.45 bits per heavy atom. The Hall–Kier alpha value is -3.20. The number of rotatable bonds is 4. The van der Waals surface area contributed by atoms with Crippen LogP contribution in [0.4, 0.5) is 17.1 Å². The lowest BCUT2D eigenvalue weighted by atomic mass is 9.87. The largest absolute Gasteiger partial charge is 0.506 e. The van der Waals surface area contributed by atoms with Crippen LogP contribution in [-0.4, -0.2) is 34.1 Å². The number of carbonyl (C=O) groups excluding carboxylic acids is 1. The molecule has 0 spiro atoms. The van der Waals surface area contributed by atoms with Gasteiger partial charge in [-0.15, -0.1) is 0 Å². The van der Waals surface area contributed by atoms with E-state index in [9.17, 15) is 20.0 Å². The van der Waals surface area contributed by atoms with Crippen LogP contribution in [0.15, 0.2) is 36.4 Å². The van der Waals surface area contributed by atoms with Crippen molar-refractivity contribution in [2.24, 2.45) is 0 Å². The third-order valence-electron chi connectivity index (χ3n) is 5.22. The number of phenols is 1. The van der Waals surface area contributed by atoms with Gasteiger partial charge in [0, 0.05) is 24.7 Å². The van der Waals surface area contributed by atoms with Gasteiger partial charge in [-0.1, -0.05) is 26.8 Å². The number of benzene rings is 2. The third kappa shape index (κ3) is 5.29. The molecule has 0 aliphatic carbocycles. The van der Waals surface area contributed by atoms with Crippen LogP contribution in [0.1, 0.15) is 49.5 Å². The predicted molar refractivity (Wildman–Crippen MR) is 125 cm³/mol. The number of phenolic OH excluding ortho intramolecular Hbond substituents is 1. The monoisotopic (exact) mass is 442 g/mol. The second-order valence-electron chi connectivity index (χ2n) is 8.54. The number of nitro benzene ring substituents is 1. The summed E-state index contributed by atoms with van der Waals surface area (Å²) in [6.45, 7) is 7.65. The zero-order valence-electron chi connectivity index (χ0n) is 17.8. The van der Waals surface area contributed by atoms with Crippen LogP contribution in [-0.2, 0) is 5.41 Å². The fourth-order valence-electron chi connectivity index (χ4n) is 3.47. The third-order valence-corrected chi connectivity index (χ3v) is 5.42. The molecule has 164 valence electrons. The Kier molecular flexibility index (Phi) is 6.45. The molecule has 1 saturated heterocycles. The minimum atomic E-state index is -0.569. The Bertz CT molecular complexity index is 1030. The first kappa shape index (κ1) is 22.5. The van der Waals surface area contributed by atoms with E-state index in [4.69, 9.17) is 12.2 Å². The highest BCUT2D eigenvalue weighted by Gasteiger charge is 2.24. The maximum Gasteiger partial charge on any atom is 0.293 e. The van der Waals surface area contributed by atoms with Crippen molar-refractivity contribution in [1.82, 2.24) is 5.32 Å². The Labute approximate surface area is 186 Å². The lowest BCUT2D eigenvalue weighted by molar-refractivity contribution is -0.384. The normalized spacial score (nSPS) is 13.7. The molecule has 9 heteroatoms. The molecule has 2 aromatic carbocycles. The first-order valence-corrected chi connectivity index (χ1v) is 10.5. The van der Waals surface area contributed by atoms with Crippen molar-refractivity contribution in [3.63, 3.8) is 0 Å². The summed E-state index contributed by atoms with van der Waals surface area (Å²) in [4.78, 5) is 25.7. The number of amides is 1. The van der Waals surface area contributed by atoms with Gasteiger partial charge in [-0.25, -0.2) is 0 Å². The highest BCUT2D eigenvalue weighted by molar-refractivity contribution is 7.80. The number of carbonyl (C=O) groups is 1. The van der Waals surface area contributed by atoms with Gasteiger partial charge in [-0.2, -0.15) is 0 Å². The number of anilines is 2. The van der Waals surface area contributed by atoms with E-state index in [2.05, 4.69) is 10.6 Å². The molecule has 1 amide bonds. The summed E-state index contributed by atoms with van der Waals surface area (Å²) < 4.78 is 0. The molecule has 8 nitrogen and oxygen atoms in total. The van der Waals surface area contributed by atoms with Gasteiger partial charge in [0.2, 0.25) is 0 Å². The average Bonchev–Trinajstić information content (AvgIpc) is 3.22. The Morgan fingerprint density at radius 1 is 1.16 bits per heavy atom. The molecule has 0 bridgehead atoms. The molecule has 0 atom stereocenters. The molecule has 31 heavy (non-hydrogen) atoms. The number of thiocarbonyl (C=S) groups is 1. The quantitative estimate of drug-likeness (QED) is 0.280. The molecule has 0 aromatic heterocycles. The van der Waals surface area contributed by atoms with E-state index in [1.54, 1.807) is 24.3 Å². The summed E-state index contributed by atoms with van der Waals surface area (Å²) >= 11 is 5.21. The van der Waals surface area contributed by atoms with E-state index in [1.165, 1.54) is 6.07 Å². The molecular weight excluding hydrogens is 416 g/mol. The van der Waals surface area contributed by atoms with Gasteiger partial charge in [0.25, 0.3) is 11.6 Å². The van der Waals surface area contributed by atoms with E-state index in [0.29, 0.717) is 11.4 Å². The Balaban J connectivity index is 1.75. The number of hydrogen-bond donors (Lipinski definition) is 3. The number of nitrogens with zero attached hydrogens (tertiary/aromatic N) is 2. The van der Waals surface area contributed by atoms with Gasteiger partial charge >= 0.3 is 0 Å². The fraction of sp³-hybridized carbons (Fsp3) is 0.364. The summed E-state index contributed by atoms with van der Waals surface area (Å²) in [6, 6.07) is 9.58. The van der Waals surface area contributed by atoms with Crippen LogP contribution < -0.4 is 15.5 Å². The predicted octanol–water partition coefficient (Wildman–Crippen LogP) is 4.32. The van der Waals surface area contributed by atoms with Crippen molar-refractivity contribution < 1.29 is 14.8 Å². The van der Waals surface area contributed by atoms with E-state index < -0.39 is 10.8 Å². The van der Waals surface area contributed by atoms with Crippen molar-refractivity contribution in [1.29, 1.82) is 0 Å². The van der Waals surface area contributed by atoms with Gasteiger partial charge in [0.15, 0.2) is 5.11 Å². The van der Waals surface area contributed by atoms with Gasteiger partial charge in [0.05, 0.1) is 10.6 Å². The minimum absolute atomic E-state index is 0.00444. The smallest absolute Gasteiger partial charge is 0.293 e. The standard InChI is InChI=1S/C22H26N4O4S/c1-22(2,3)15-7-9-19(27)16(13-15)23-21(31)24-20(28)14-6-8-17(18(12-14)26(29)30)25-10-4-5-11-25/h6-9,12-13,27H,4-5,10-11H2,1-3H3,(H2,23,24,28,31). The summed E-state index contributed by atoms with van der Waals surface area (Å²) in [7, 11) is 0. The molecule has 0 radical (unpaired) electrons. The fourth-order valence-corrected chi connectivity index (χ4v) is 3.67. The highest BCUT2D eigenvalue weighted by Crippen LogP contribution is 2.32. The topological polar surface area (TPSA) is 108 Å². The average molecular weight is 443 g/mol. The molecule has 0 saturated carbocycles. The van der Waals surface area contributed by atoms with E-state index in [1.807, 2.05) is 31.7 Å². The van der Waals surface area contributed by atoms with Crippen molar-refractivity contribution in [3.8, 4) is 5.75 Å². The first-order chi connectivity index (χ1) is 14.6. The van der Waals surface area contributed by atoms with Crippen molar-refractivity contribution >= 4 is 40.3 Å². The molecule has 0 unspecified atom stereocenters. The Morgan fingerprint density at radius 2 is 1.84 bits per heavy atom. The summed E-state index contributed by atoms with van der Waals surface area (Å²) in [6.07, 6.45) is 1.98. The molecule has 1 fully saturated rings. The first-order valence-electron chi connectivity index (χ1n) is 10.1. The number of aromatic hydroxyl groups is 1. The molecule has 1 aliphatic heterocycles. The molecule has 3 N–H and O–H groups in total. The van der Waals surface area contributed by atoms with Crippen LogP contribution in [0.2, 0.25) is 0 Å². The number of hydrogen-bond acceptors (Lipinski definition) is 6. The maximum atomic E-state index is 12.6. The van der Waals surface area contributed by atoms with Gasteiger partial charge in [-0.05, 0) is 60.3 Å². The van der Waals surface area contributed by atoms with E-state index >= 15 is 0 Å². The summed E-state index contributed by atoms with van der Waals surface area (Å²) in [5.74, 6) is -0.574. The maximum absolute atomic E-state index is 12.6. The van der Waals surface area contributed by atoms with Crippen LogP contribution in [0.25, 0.3) is 0 Å². The van der Waals surface area contributed by atoms with E-state index in [0.717, 1.165) is 31.5 Å². The second-order valence-corrected chi connectivity index (χ2v) is 8.95. The van der Waals surface area contributed by atoms with Gasteiger partial charge in [0.1, 0.15) is 11.4 Å². The summed E-state index contributed by atoms with van der Waals surface area (Å²) in [5.41, 5.74) is 1.76. The highest BCUT2D eigenvalue weighted by atomic mass is 32.1. The van der Waals surface area contributed by atoms with Crippen LogP contribution >= 0.6 is 12.2 Å². The number of nitrogens with one attached hydrogen (secondary N) is 2. The molecule has 1 aliphatic rings. The minimum Gasteiger partial charge on any atom is -0.506 e. The van der Waals surface area contributed by atoms with Crippen molar-refractivity contribution in [3.05, 3.63) is 57.6 Å². The zero-order valence-corrected chi connectivity index (χ0v) is 18.6. The second kappa shape index (κ2) is 8.89. The van der Waals surface area contributed by atoms with Crippen LogP contribution in [0.5, 0.6) is 5.75 Å². The molecule has 1 heterocycles. The van der Waals surface area contributed by atoms with Gasteiger partial charge < -0.3 is 15.3 Å². The number of nitro groups is 1.